The van der Waals surface area contributed by atoms with E-state index in [4.69, 9.17) is 0 Å². The summed E-state index contributed by atoms with van der Waals surface area (Å²) in [4.78, 5) is 12.2. The summed E-state index contributed by atoms with van der Waals surface area (Å²) < 4.78 is 39.3. The molecule has 0 bridgehead atoms. The highest BCUT2D eigenvalue weighted by Gasteiger charge is 2.16. The highest BCUT2D eigenvalue weighted by atomic mass is 19.2. The Labute approximate surface area is 121 Å². The van der Waals surface area contributed by atoms with Crippen molar-refractivity contribution in [3.05, 3.63) is 70.5 Å². The molecule has 0 aromatic heterocycles. The van der Waals surface area contributed by atoms with Crippen molar-refractivity contribution in [2.75, 3.05) is 0 Å². The molecular formula is C17H15F3O. The lowest BCUT2D eigenvalue weighted by atomic mass is 9.97. The number of carbonyl (C=O) groups is 1. The summed E-state index contributed by atoms with van der Waals surface area (Å²) in [7, 11) is 0. The fraction of sp³-hybridized carbons (Fsp3) is 0.235. The Morgan fingerprint density at radius 1 is 1.00 bits per heavy atom. The largest absolute Gasteiger partial charge is 0.289 e. The Hall–Kier alpha value is -2.10. The molecule has 2 rings (SSSR count). The quantitative estimate of drug-likeness (QED) is 0.597. The van der Waals surface area contributed by atoms with Crippen LogP contribution < -0.4 is 0 Å². The molecule has 0 amide bonds. The van der Waals surface area contributed by atoms with Crippen molar-refractivity contribution in [3.63, 3.8) is 0 Å². The van der Waals surface area contributed by atoms with Gasteiger partial charge in [0.25, 0.3) is 0 Å². The van der Waals surface area contributed by atoms with Crippen LogP contribution in [0, 0.1) is 23.4 Å². The van der Waals surface area contributed by atoms with Crippen LogP contribution in [-0.2, 0) is 6.42 Å². The molecule has 0 aliphatic rings. The second-order valence-electron chi connectivity index (χ2n) is 5.38. The molecule has 0 saturated heterocycles. The number of hydrogen-bond acceptors (Lipinski definition) is 1. The summed E-state index contributed by atoms with van der Waals surface area (Å²) in [5.74, 6) is -4.40. The molecule has 110 valence electrons. The summed E-state index contributed by atoms with van der Waals surface area (Å²) in [5, 5.41) is 0. The van der Waals surface area contributed by atoms with Gasteiger partial charge in [0.15, 0.2) is 23.2 Å². The molecule has 0 unspecified atom stereocenters. The summed E-state index contributed by atoms with van der Waals surface area (Å²) in [6, 6.07) is 8.32. The molecule has 0 radical (unpaired) electrons. The van der Waals surface area contributed by atoms with Gasteiger partial charge in [-0.25, -0.2) is 13.2 Å². The van der Waals surface area contributed by atoms with Crippen molar-refractivity contribution >= 4 is 5.78 Å². The predicted molar refractivity (Wildman–Crippen MR) is 74.7 cm³/mol. The number of carbonyl (C=O) groups excluding carboxylic acids is 1. The van der Waals surface area contributed by atoms with Crippen molar-refractivity contribution < 1.29 is 18.0 Å². The lowest BCUT2D eigenvalue weighted by Crippen LogP contribution is -2.05. The van der Waals surface area contributed by atoms with Crippen LogP contribution in [0.25, 0.3) is 0 Å². The Morgan fingerprint density at radius 3 is 2.19 bits per heavy atom. The van der Waals surface area contributed by atoms with Gasteiger partial charge in [-0.3, -0.25) is 4.79 Å². The number of halogens is 3. The van der Waals surface area contributed by atoms with Crippen molar-refractivity contribution in [2.24, 2.45) is 5.92 Å². The van der Waals surface area contributed by atoms with Crippen LogP contribution in [0.2, 0.25) is 0 Å². The highest BCUT2D eigenvalue weighted by Crippen LogP contribution is 2.18. The number of ketones is 1. The van der Waals surface area contributed by atoms with Gasteiger partial charge in [-0.05, 0) is 36.1 Å². The second kappa shape index (κ2) is 6.12. The number of benzene rings is 2. The Bertz CT molecular complexity index is 654. The smallest absolute Gasteiger partial charge is 0.194 e. The zero-order valence-electron chi connectivity index (χ0n) is 11.8. The summed E-state index contributed by atoms with van der Waals surface area (Å²) in [5.41, 5.74) is 1.10. The fourth-order valence-electron chi connectivity index (χ4n) is 2.16. The van der Waals surface area contributed by atoms with Gasteiger partial charge in [-0.15, -0.1) is 0 Å². The van der Waals surface area contributed by atoms with E-state index in [-0.39, 0.29) is 5.56 Å². The minimum atomic E-state index is -1.57. The lowest BCUT2D eigenvalue weighted by molar-refractivity contribution is 0.103. The number of rotatable bonds is 4. The van der Waals surface area contributed by atoms with Crippen molar-refractivity contribution in [1.82, 2.24) is 0 Å². The van der Waals surface area contributed by atoms with Gasteiger partial charge >= 0.3 is 0 Å². The zero-order valence-corrected chi connectivity index (χ0v) is 11.8. The molecule has 21 heavy (non-hydrogen) atoms. The standard InChI is InChI=1S/C17H15F3O/c1-10(2)6-11-4-3-5-12(7-11)17(21)13-8-14(18)16(20)15(19)9-13/h3-5,7-10H,6H2,1-2H3. The first-order valence-electron chi connectivity index (χ1n) is 6.66. The first-order valence-corrected chi connectivity index (χ1v) is 6.66. The van der Waals surface area contributed by atoms with Gasteiger partial charge in [0.2, 0.25) is 0 Å². The molecule has 2 aromatic carbocycles. The molecule has 0 spiro atoms. The fourth-order valence-corrected chi connectivity index (χ4v) is 2.16. The van der Waals surface area contributed by atoms with Gasteiger partial charge < -0.3 is 0 Å². The average molecular weight is 292 g/mol. The SMILES string of the molecule is CC(C)Cc1cccc(C(=O)c2cc(F)c(F)c(F)c2)c1. The third-order valence-electron chi connectivity index (χ3n) is 3.08. The Balaban J connectivity index is 2.36. The van der Waals surface area contributed by atoms with E-state index < -0.39 is 23.2 Å². The molecule has 0 atom stereocenters. The van der Waals surface area contributed by atoms with Crippen LogP contribution in [0.1, 0.15) is 35.3 Å². The molecule has 2 aromatic rings. The van der Waals surface area contributed by atoms with Crippen molar-refractivity contribution in [3.8, 4) is 0 Å². The van der Waals surface area contributed by atoms with Gasteiger partial charge in [-0.2, -0.15) is 0 Å². The molecule has 0 aliphatic heterocycles. The summed E-state index contributed by atoms with van der Waals surface area (Å²) in [6.45, 7) is 4.11. The molecular weight excluding hydrogens is 277 g/mol. The molecule has 0 fully saturated rings. The minimum Gasteiger partial charge on any atom is -0.289 e. The van der Waals surface area contributed by atoms with E-state index in [2.05, 4.69) is 13.8 Å². The van der Waals surface area contributed by atoms with Gasteiger partial charge in [0.05, 0.1) is 0 Å². The minimum absolute atomic E-state index is 0.201. The monoisotopic (exact) mass is 292 g/mol. The maximum atomic E-state index is 13.2. The maximum Gasteiger partial charge on any atom is 0.194 e. The first-order chi connectivity index (χ1) is 9.88. The first kappa shape index (κ1) is 15.3. The van der Waals surface area contributed by atoms with Gasteiger partial charge in [0, 0.05) is 11.1 Å². The molecule has 0 heterocycles. The van der Waals surface area contributed by atoms with E-state index in [9.17, 15) is 18.0 Å². The van der Waals surface area contributed by atoms with E-state index >= 15 is 0 Å². The predicted octanol–water partition coefficient (Wildman–Crippen LogP) is 4.53. The van der Waals surface area contributed by atoms with Crippen LogP contribution in [0.4, 0.5) is 13.2 Å². The molecule has 4 heteroatoms. The molecule has 0 aliphatic carbocycles. The van der Waals surface area contributed by atoms with Crippen LogP contribution in [0.15, 0.2) is 36.4 Å². The van der Waals surface area contributed by atoms with Crippen LogP contribution in [0.3, 0.4) is 0 Å². The molecule has 0 saturated carbocycles. The maximum absolute atomic E-state index is 13.2. The van der Waals surface area contributed by atoms with Crippen molar-refractivity contribution in [2.45, 2.75) is 20.3 Å². The average Bonchev–Trinajstić information content (AvgIpc) is 2.43. The molecule has 0 N–H and O–H groups in total. The van der Waals surface area contributed by atoms with Crippen LogP contribution in [0.5, 0.6) is 0 Å². The van der Waals surface area contributed by atoms with Gasteiger partial charge in [-0.1, -0.05) is 32.0 Å². The van der Waals surface area contributed by atoms with E-state index in [1.807, 2.05) is 6.07 Å². The molecule has 1 nitrogen and oxygen atoms in total. The van der Waals surface area contributed by atoms with E-state index in [1.54, 1.807) is 18.2 Å². The normalized spacial score (nSPS) is 11.0. The third-order valence-corrected chi connectivity index (χ3v) is 3.08. The third kappa shape index (κ3) is 3.51. The highest BCUT2D eigenvalue weighted by molar-refractivity contribution is 6.09. The second-order valence-corrected chi connectivity index (χ2v) is 5.38. The zero-order chi connectivity index (χ0) is 15.6. The summed E-state index contributed by atoms with van der Waals surface area (Å²) >= 11 is 0. The topological polar surface area (TPSA) is 17.1 Å². The van der Waals surface area contributed by atoms with Crippen LogP contribution in [-0.4, -0.2) is 5.78 Å². The van der Waals surface area contributed by atoms with E-state index in [1.165, 1.54) is 0 Å². The number of hydrogen-bond donors (Lipinski definition) is 0. The van der Waals surface area contributed by atoms with Crippen molar-refractivity contribution in [1.29, 1.82) is 0 Å². The Kier molecular flexibility index (Phi) is 4.46. The van der Waals surface area contributed by atoms with E-state index in [0.717, 1.165) is 24.1 Å². The van der Waals surface area contributed by atoms with Gasteiger partial charge in [0.1, 0.15) is 0 Å². The van der Waals surface area contributed by atoms with Crippen LogP contribution >= 0.6 is 0 Å². The lowest BCUT2D eigenvalue weighted by Gasteiger charge is -2.08. The van der Waals surface area contributed by atoms with E-state index in [0.29, 0.717) is 11.5 Å². The Morgan fingerprint density at radius 2 is 1.62 bits per heavy atom. The summed E-state index contributed by atoms with van der Waals surface area (Å²) in [6.07, 6.45) is 0.799.